The summed E-state index contributed by atoms with van der Waals surface area (Å²) in [6.07, 6.45) is 3.93. The lowest BCUT2D eigenvalue weighted by Crippen LogP contribution is -2.46. The molecule has 104 valence electrons. The molecule has 1 N–H and O–H groups in total. The Labute approximate surface area is 110 Å². The quantitative estimate of drug-likeness (QED) is 0.704. The Morgan fingerprint density at radius 2 is 1.83 bits per heavy atom. The Balaban J connectivity index is 4.15. The highest BCUT2D eigenvalue weighted by atomic mass is 16.2. The van der Waals surface area contributed by atoms with Crippen LogP contribution >= 0.6 is 0 Å². The van der Waals surface area contributed by atoms with E-state index in [1.807, 2.05) is 45.6 Å². The third-order valence-electron chi connectivity index (χ3n) is 2.34. The van der Waals surface area contributed by atoms with Gasteiger partial charge >= 0.3 is 0 Å². The van der Waals surface area contributed by atoms with Crippen molar-refractivity contribution in [1.29, 1.82) is 0 Å². The molecule has 0 heterocycles. The number of nitrogens with one attached hydrogen (secondary N) is 1. The molecular weight excluding hydrogens is 228 g/mol. The maximum Gasteiger partial charge on any atom is 0.234 e. The molecule has 0 spiro atoms. The van der Waals surface area contributed by atoms with Crippen molar-refractivity contribution in [2.45, 2.75) is 46.6 Å². The molecule has 4 heteroatoms. The van der Waals surface area contributed by atoms with E-state index in [0.717, 1.165) is 6.54 Å². The van der Waals surface area contributed by atoms with Gasteiger partial charge in [-0.25, -0.2) is 0 Å². The van der Waals surface area contributed by atoms with Gasteiger partial charge in [0.2, 0.25) is 5.91 Å². The van der Waals surface area contributed by atoms with Crippen molar-refractivity contribution in [3.63, 3.8) is 0 Å². The summed E-state index contributed by atoms with van der Waals surface area (Å²) in [6, 6.07) is 0. The SMILES string of the molecule is CCC(=O)/C=C/CN(CC)CC(=O)NC(C)(C)C. The summed E-state index contributed by atoms with van der Waals surface area (Å²) in [5.41, 5.74) is -0.204. The van der Waals surface area contributed by atoms with Crippen LogP contribution in [0.2, 0.25) is 0 Å². The monoisotopic (exact) mass is 254 g/mol. The van der Waals surface area contributed by atoms with E-state index in [1.165, 1.54) is 0 Å². The number of carbonyl (C=O) groups excluding carboxylic acids is 2. The lowest BCUT2D eigenvalue weighted by atomic mass is 10.1. The Kier molecular flexibility index (Phi) is 7.51. The number of carbonyl (C=O) groups is 2. The zero-order valence-electron chi connectivity index (χ0n) is 12.2. The van der Waals surface area contributed by atoms with Crippen molar-refractivity contribution in [3.05, 3.63) is 12.2 Å². The molecule has 0 aliphatic rings. The fourth-order valence-corrected chi connectivity index (χ4v) is 1.42. The van der Waals surface area contributed by atoms with E-state index in [4.69, 9.17) is 0 Å². The zero-order chi connectivity index (χ0) is 14.2. The Morgan fingerprint density at radius 1 is 1.22 bits per heavy atom. The van der Waals surface area contributed by atoms with Gasteiger partial charge in [-0.15, -0.1) is 0 Å². The van der Waals surface area contributed by atoms with E-state index in [1.54, 1.807) is 6.08 Å². The first-order valence-corrected chi connectivity index (χ1v) is 6.51. The van der Waals surface area contributed by atoms with Gasteiger partial charge in [-0.1, -0.05) is 19.9 Å². The average Bonchev–Trinajstić information content (AvgIpc) is 2.24. The van der Waals surface area contributed by atoms with Crippen molar-refractivity contribution >= 4 is 11.7 Å². The molecule has 18 heavy (non-hydrogen) atoms. The topological polar surface area (TPSA) is 49.4 Å². The first-order valence-electron chi connectivity index (χ1n) is 6.51. The summed E-state index contributed by atoms with van der Waals surface area (Å²) < 4.78 is 0. The highest BCUT2D eigenvalue weighted by Gasteiger charge is 2.15. The largest absolute Gasteiger partial charge is 0.350 e. The maximum atomic E-state index is 11.7. The number of ketones is 1. The molecule has 0 unspecified atom stereocenters. The van der Waals surface area contributed by atoms with Crippen LogP contribution < -0.4 is 5.32 Å². The standard InChI is InChI=1S/C14H26N2O2/c1-6-12(17)9-8-10-16(7-2)11-13(18)15-14(3,4)5/h8-9H,6-7,10-11H2,1-5H3,(H,15,18)/b9-8+. The second-order valence-corrected chi connectivity index (χ2v) is 5.35. The Bertz CT molecular complexity index is 303. The van der Waals surface area contributed by atoms with E-state index < -0.39 is 0 Å². The molecule has 1 amide bonds. The van der Waals surface area contributed by atoms with Crippen LogP contribution in [0.25, 0.3) is 0 Å². The molecule has 0 atom stereocenters. The van der Waals surface area contributed by atoms with E-state index in [0.29, 0.717) is 19.5 Å². The van der Waals surface area contributed by atoms with Gasteiger partial charge in [0.15, 0.2) is 5.78 Å². The van der Waals surface area contributed by atoms with E-state index in [-0.39, 0.29) is 17.2 Å². The maximum absolute atomic E-state index is 11.7. The normalized spacial score (nSPS) is 12.1. The second-order valence-electron chi connectivity index (χ2n) is 5.35. The highest BCUT2D eigenvalue weighted by Crippen LogP contribution is 1.99. The first-order chi connectivity index (χ1) is 8.28. The molecule has 0 saturated heterocycles. The van der Waals surface area contributed by atoms with Gasteiger partial charge in [0.1, 0.15) is 0 Å². The van der Waals surface area contributed by atoms with Gasteiger partial charge in [0.05, 0.1) is 6.54 Å². The number of rotatable bonds is 7. The number of hydrogen-bond acceptors (Lipinski definition) is 3. The molecule has 0 aliphatic heterocycles. The summed E-state index contributed by atoms with van der Waals surface area (Å²) in [5, 5.41) is 2.92. The van der Waals surface area contributed by atoms with Crippen LogP contribution in [0.5, 0.6) is 0 Å². The number of hydrogen-bond donors (Lipinski definition) is 1. The molecule has 0 aromatic carbocycles. The highest BCUT2D eigenvalue weighted by molar-refractivity contribution is 5.89. The lowest BCUT2D eigenvalue weighted by molar-refractivity contribution is -0.123. The molecule has 0 aromatic rings. The van der Waals surface area contributed by atoms with Crippen molar-refractivity contribution < 1.29 is 9.59 Å². The molecule has 0 aliphatic carbocycles. The summed E-state index contributed by atoms with van der Waals surface area (Å²) in [5.74, 6) is 0.129. The molecular formula is C14H26N2O2. The van der Waals surface area contributed by atoms with Crippen LogP contribution in [0, 0.1) is 0 Å². The van der Waals surface area contributed by atoms with Crippen LogP contribution in [-0.4, -0.2) is 41.8 Å². The van der Waals surface area contributed by atoms with Crippen LogP contribution in [0.15, 0.2) is 12.2 Å². The Morgan fingerprint density at radius 3 is 2.28 bits per heavy atom. The predicted molar refractivity (Wildman–Crippen MR) is 74.4 cm³/mol. The molecule has 4 nitrogen and oxygen atoms in total. The molecule has 0 aromatic heterocycles. The first kappa shape index (κ1) is 16.8. The van der Waals surface area contributed by atoms with Crippen LogP contribution in [0.4, 0.5) is 0 Å². The predicted octanol–water partition coefficient (Wildman–Crippen LogP) is 1.76. The van der Waals surface area contributed by atoms with Crippen molar-refractivity contribution in [3.8, 4) is 0 Å². The van der Waals surface area contributed by atoms with Gasteiger partial charge in [-0.05, 0) is 33.4 Å². The summed E-state index contributed by atoms with van der Waals surface area (Å²) in [6.45, 7) is 11.5. The number of likely N-dealkylation sites (N-methyl/N-ethyl adjacent to an activating group) is 1. The molecule has 0 rings (SSSR count). The third-order valence-corrected chi connectivity index (χ3v) is 2.34. The van der Waals surface area contributed by atoms with E-state index in [9.17, 15) is 9.59 Å². The average molecular weight is 254 g/mol. The third kappa shape index (κ3) is 8.93. The van der Waals surface area contributed by atoms with Gasteiger partial charge in [0.25, 0.3) is 0 Å². The summed E-state index contributed by atoms with van der Waals surface area (Å²) >= 11 is 0. The fourth-order valence-electron chi connectivity index (χ4n) is 1.42. The van der Waals surface area contributed by atoms with Crippen LogP contribution in [0.1, 0.15) is 41.0 Å². The molecule has 0 radical (unpaired) electrons. The minimum Gasteiger partial charge on any atom is -0.350 e. The molecule has 0 bridgehead atoms. The number of nitrogens with zero attached hydrogens (tertiary/aromatic N) is 1. The van der Waals surface area contributed by atoms with Gasteiger partial charge < -0.3 is 5.32 Å². The van der Waals surface area contributed by atoms with Crippen LogP contribution in [0.3, 0.4) is 0 Å². The van der Waals surface area contributed by atoms with Crippen molar-refractivity contribution in [2.24, 2.45) is 0 Å². The van der Waals surface area contributed by atoms with Gasteiger partial charge in [0, 0.05) is 18.5 Å². The van der Waals surface area contributed by atoms with Crippen molar-refractivity contribution in [2.75, 3.05) is 19.6 Å². The van der Waals surface area contributed by atoms with E-state index >= 15 is 0 Å². The lowest BCUT2D eigenvalue weighted by Gasteiger charge is -2.24. The van der Waals surface area contributed by atoms with Gasteiger partial charge in [-0.3, -0.25) is 14.5 Å². The fraction of sp³-hybridized carbons (Fsp3) is 0.714. The summed E-state index contributed by atoms with van der Waals surface area (Å²) in [4.78, 5) is 24.8. The zero-order valence-corrected chi connectivity index (χ0v) is 12.2. The van der Waals surface area contributed by atoms with Crippen molar-refractivity contribution in [1.82, 2.24) is 10.2 Å². The minimum atomic E-state index is -0.204. The minimum absolute atomic E-state index is 0.0135. The van der Waals surface area contributed by atoms with Crippen LogP contribution in [-0.2, 0) is 9.59 Å². The smallest absolute Gasteiger partial charge is 0.234 e. The number of allylic oxidation sites excluding steroid dienone is 1. The summed E-state index contributed by atoms with van der Waals surface area (Å²) in [7, 11) is 0. The molecule has 0 saturated carbocycles. The van der Waals surface area contributed by atoms with E-state index in [2.05, 4.69) is 5.32 Å². The van der Waals surface area contributed by atoms with Gasteiger partial charge in [-0.2, -0.15) is 0 Å². The second kappa shape index (κ2) is 8.03. The molecule has 0 fully saturated rings. The Hall–Kier alpha value is -1.16. The number of amides is 1.